The SMILES string of the molecule is COc1ccc(/C(N)=C/C=C(/N)NCCCC(=O)O)cc1. The second-order valence-electron chi connectivity index (χ2n) is 4.40. The van der Waals surface area contributed by atoms with E-state index in [1.807, 2.05) is 24.3 Å². The minimum atomic E-state index is -0.817. The zero-order valence-electron chi connectivity index (χ0n) is 12.0. The maximum absolute atomic E-state index is 10.4. The average Bonchev–Trinajstić information content (AvgIpc) is 2.49. The molecule has 0 unspecified atom stereocenters. The maximum atomic E-state index is 10.4. The number of nitrogens with one attached hydrogen (secondary N) is 1. The summed E-state index contributed by atoms with van der Waals surface area (Å²) in [5, 5.41) is 11.4. The Morgan fingerprint density at radius 2 is 1.95 bits per heavy atom. The molecule has 1 aromatic rings. The maximum Gasteiger partial charge on any atom is 0.303 e. The number of carboxylic acids is 1. The van der Waals surface area contributed by atoms with Gasteiger partial charge in [-0.05, 0) is 48.4 Å². The van der Waals surface area contributed by atoms with Gasteiger partial charge in [0.25, 0.3) is 0 Å². The molecule has 6 N–H and O–H groups in total. The van der Waals surface area contributed by atoms with Crippen molar-refractivity contribution in [3.8, 4) is 5.75 Å². The lowest BCUT2D eigenvalue weighted by molar-refractivity contribution is -0.137. The van der Waals surface area contributed by atoms with Gasteiger partial charge in [0.05, 0.1) is 12.9 Å². The van der Waals surface area contributed by atoms with Crippen LogP contribution in [-0.2, 0) is 4.79 Å². The molecule has 0 spiro atoms. The summed E-state index contributed by atoms with van der Waals surface area (Å²) in [7, 11) is 1.60. The molecule has 1 rings (SSSR count). The molecule has 0 fully saturated rings. The molecule has 0 radical (unpaired) electrons. The first-order valence-corrected chi connectivity index (χ1v) is 6.56. The summed E-state index contributed by atoms with van der Waals surface area (Å²) >= 11 is 0. The number of ether oxygens (including phenoxy) is 1. The molecule has 0 saturated carbocycles. The van der Waals surface area contributed by atoms with Crippen molar-refractivity contribution < 1.29 is 14.6 Å². The van der Waals surface area contributed by atoms with Crippen molar-refractivity contribution in [3.05, 3.63) is 47.8 Å². The van der Waals surface area contributed by atoms with Crippen LogP contribution in [0.15, 0.2) is 42.2 Å². The first kappa shape index (κ1) is 16.4. The second kappa shape index (κ2) is 8.52. The van der Waals surface area contributed by atoms with E-state index in [-0.39, 0.29) is 6.42 Å². The van der Waals surface area contributed by atoms with Gasteiger partial charge in [0.2, 0.25) is 0 Å². The summed E-state index contributed by atoms with van der Waals surface area (Å²) in [6.07, 6.45) is 3.98. The third-order valence-electron chi connectivity index (χ3n) is 2.76. The predicted molar refractivity (Wildman–Crippen MR) is 82.3 cm³/mol. The topological polar surface area (TPSA) is 111 Å². The summed E-state index contributed by atoms with van der Waals surface area (Å²) in [6, 6.07) is 7.37. The van der Waals surface area contributed by atoms with E-state index < -0.39 is 5.97 Å². The summed E-state index contributed by atoms with van der Waals surface area (Å²) < 4.78 is 5.07. The first-order valence-electron chi connectivity index (χ1n) is 6.56. The van der Waals surface area contributed by atoms with Crippen molar-refractivity contribution >= 4 is 11.7 Å². The Morgan fingerprint density at radius 1 is 1.29 bits per heavy atom. The average molecular weight is 291 g/mol. The van der Waals surface area contributed by atoms with Crippen molar-refractivity contribution in [2.45, 2.75) is 12.8 Å². The van der Waals surface area contributed by atoms with E-state index in [0.717, 1.165) is 11.3 Å². The molecule has 6 heteroatoms. The number of hydrogen-bond donors (Lipinski definition) is 4. The quantitative estimate of drug-likeness (QED) is 0.424. The van der Waals surface area contributed by atoms with E-state index in [1.165, 1.54) is 0 Å². The normalized spacial score (nSPS) is 12.0. The first-order chi connectivity index (χ1) is 10.0. The van der Waals surface area contributed by atoms with Gasteiger partial charge in [-0.2, -0.15) is 0 Å². The van der Waals surface area contributed by atoms with Gasteiger partial charge < -0.3 is 26.6 Å². The Balaban J connectivity index is 2.51. The summed E-state index contributed by atoms with van der Waals surface area (Å²) in [6.45, 7) is 0.505. The van der Waals surface area contributed by atoms with Crippen LogP contribution in [0, 0.1) is 0 Å². The highest BCUT2D eigenvalue weighted by atomic mass is 16.5. The molecule has 6 nitrogen and oxygen atoms in total. The van der Waals surface area contributed by atoms with Gasteiger partial charge in [-0.15, -0.1) is 0 Å². The molecule has 0 amide bonds. The number of hydrogen-bond acceptors (Lipinski definition) is 5. The van der Waals surface area contributed by atoms with Gasteiger partial charge in [-0.1, -0.05) is 0 Å². The van der Waals surface area contributed by atoms with Gasteiger partial charge in [-0.3, -0.25) is 4.79 Å². The van der Waals surface area contributed by atoms with E-state index in [9.17, 15) is 4.79 Å². The Morgan fingerprint density at radius 3 is 2.52 bits per heavy atom. The molecule has 114 valence electrons. The Bertz CT molecular complexity index is 521. The molecule has 21 heavy (non-hydrogen) atoms. The van der Waals surface area contributed by atoms with Gasteiger partial charge in [0.15, 0.2) is 0 Å². The van der Waals surface area contributed by atoms with E-state index in [0.29, 0.717) is 24.5 Å². The van der Waals surface area contributed by atoms with Crippen LogP contribution in [0.1, 0.15) is 18.4 Å². The van der Waals surface area contributed by atoms with Crippen LogP contribution in [0.4, 0.5) is 0 Å². The van der Waals surface area contributed by atoms with Crippen LogP contribution in [0.2, 0.25) is 0 Å². The number of rotatable bonds is 8. The molecular formula is C15H21N3O3. The lowest BCUT2D eigenvalue weighted by Gasteiger charge is -2.05. The molecular weight excluding hydrogens is 270 g/mol. The molecule has 0 atom stereocenters. The molecule has 0 aliphatic carbocycles. The third-order valence-corrected chi connectivity index (χ3v) is 2.76. The van der Waals surface area contributed by atoms with Gasteiger partial charge >= 0.3 is 5.97 Å². The van der Waals surface area contributed by atoms with Crippen molar-refractivity contribution in [1.82, 2.24) is 5.32 Å². The number of allylic oxidation sites excluding steroid dienone is 2. The number of aliphatic carboxylic acids is 1. The standard InChI is InChI=1S/C15H21N3O3/c1-21-12-6-4-11(5-7-12)13(16)8-9-14(17)18-10-2-3-15(19)20/h4-9,18H,2-3,10,16-17H2,1H3,(H,19,20)/b13-8-,14-9-. The molecule has 0 heterocycles. The van der Waals surface area contributed by atoms with Crippen LogP contribution in [-0.4, -0.2) is 24.7 Å². The van der Waals surface area contributed by atoms with Crippen LogP contribution in [0.25, 0.3) is 5.70 Å². The monoisotopic (exact) mass is 291 g/mol. The van der Waals surface area contributed by atoms with E-state index in [1.54, 1.807) is 19.3 Å². The van der Waals surface area contributed by atoms with Crippen molar-refractivity contribution in [3.63, 3.8) is 0 Å². The molecule has 1 aromatic carbocycles. The van der Waals surface area contributed by atoms with E-state index in [4.69, 9.17) is 21.3 Å². The summed E-state index contributed by atoms with van der Waals surface area (Å²) in [5.74, 6) is 0.390. The van der Waals surface area contributed by atoms with Gasteiger partial charge in [0.1, 0.15) is 5.75 Å². The van der Waals surface area contributed by atoms with Crippen molar-refractivity contribution in [1.29, 1.82) is 0 Å². The largest absolute Gasteiger partial charge is 0.497 e. The lowest BCUT2D eigenvalue weighted by Crippen LogP contribution is -2.21. The van der Waals surface area contributed by atoms with Crippen LogP contribution in [0.3, 0.4) is 0 Å². The molecule has 0 aromatic heterocycles. The fourth-order valence-electron chi connectivity index (χ4n) is 1.59. The fourth-order valence-corrected chi connectivity index (χ4v) is 1.59. The van der Waals surface area contributed by atoms with Gasteiger partial charge in [0, 0.05) is 18.7 Å². The molecule has 0 aliphatic rings. The van der Waals surface area contributed by atoms with Crippen molar-refractivity contribution in [2.75, 3.05) is 13.7 Å². The number of benzene rings is 1. The molecule has 0 saturated heterocycles. The lowest BCUT2D eigenvalue weighted by atomic mass is 10.1. The smallest absolute Gasteiger partial charge is 0.303 e. The fraction of sp³-hybridized carbons (Fsp3) is 0.267. The Labute approximate surface area is 124 Å². The number of methoxy groups -OCH3 is 1. The highest BCUT2D eigenvalue weighted by Crippen LogP contribution is 2.15. The predicted octanol–water partition coefficient (Wildman–Crippen LogP) is 1.25. The molecule has 0 bridgehead atoms. The zero-order chi connectivity index (χ0) is 15.7. The van der Waals surface area contributed by atoms with E-state index >= 15 is 0 Å². The highest BCUT2D eigenvalue weighted by Gasteiger charge is 1.98. The van der Waals surface area contributed by atoms with Gasteiger partial charge in [-0.25, -0.2) is 0 Å². The van der Waals surface area contributed by atoms with Crippen molar-refractivity contribution in [2.24, 2.45) is 11.5 Å². The summed E-state index contributed by atoms with van der Waals surface area (Å²) in [4.78, 5) is 10.4. The highest BCUT2D eigenvalue weighted by molar-refractivity contribution is 5.66. The number of carbonyl (C=O) groups is 1. The van der Waals surface area contributed by atoms with E-state index in [2.05, 4.69) is 5.32 Å². The minimum absolute atomic E-state index is 0.115. The Hall–Kier alpha value is -2.63. The zero-order valence-corrected chi connectivity index (χ0v) is 12.0. The summed E-state index contributed by atoms with van der Waals surface area (Å²) in [5.41, 5.74) is 13.1. The Kier molecular flexibility index (Phi) is 6.67. The minimum Gasteiger partial charge on any atom is -0.497 e. The number of carboxylic acid groups (broad SMARTS) is 1. The number of nitrogens with two attached hydrogens (primary N) is 2. The second-order valence-corrected chi connectivity index (χ2v) is 4.40. The van der Waals surface area contributed by atoms with Crippen LogP contribution < -0.4 is 21.5 Å². The van der Waals surface area contributed by atoms with Crippen LogP contribution >= 0.6 is 0 Å². The molecule has 0 aliphatic heterocycles. The third kappa shape index (κ3) is 6.38. The van der Waals surface area contributed by atoms with Crippen LogP contribution in [0.5, 0.6) is 5.75 Å².